The number of nitrogens with zero attached hydrogens (tertiary/aromatic N) is 4. The van der Waals surface area contributed by atoms with Crippen molar-refractivity contribution in [2.24, 2.45) is 10.7 Å². The molecule has 1 heterocycles. The maximum absolute atomic E-state index is 6.08. The standard InChI is InChI=1S/C16H21N5.HI/c1-20(11-6-7-11)16(17)18-10-15-19-13-4-2-3-5-14(13)21(15)12-8-9-12;/h2-5,11-12H,6-10H2,1H3,(H2,17,18);1H. The zero-order valence-corrected chi connectivity index (χ0v) is 15.1. The van der Waals surface area contributed by atoms with E-state index >= 15 is 0 Å². The molecule has 2 aromatic rings. The van der Waals surface area contributed by atoms with E-state index in [2.05, 4.69) is 32.7 Å². The van der Waals surface area contributed by atoms with E-state index in [-0.39, 0.29) is 24.0 Å². The lowest BCUT2D eigenvalue weighted by Crippen LogP contribution is -2.35. The average Bonchev–Trinajstić information content (AvgIpc) is 3.40. The topological polar surface area (TPSA) is 59.4 Å². The number of hydrogen-bond donors (Lipinski definition) is 1. The molecule has 0 bridgehead atoms. The number of halogens is 1. The van der Waals surface area contributed by atoms with E-state index in [0.717, 1.165) is 11.3 Å². The Hall–Kier alpha value is -1.31. The van der Waals surface area contributed by atoms with Gasteiger partial charge in [0.15, 0.2) is 5.96 Å². The van der Waals surface area contributed by atoms with Gasteiger partial charge in [-0.3, -0.25) is 0 Å². The molecule has 2 N–H and O–H groups in total. The fourth-order valence-electron chi connectivity index (χ4n) is 2.86. The van der Waals surface area contributed by atoms with Gasteiger partial charge in [-0.2, -0.15) is 0 Å². The van der Waals surface area contributed by atoms with Crippen LogP contribution in [0.15, 0.2) is 29.3 Å². The number of aromatic nitrogens is 2. The van der Waals surface area contributed by atoms with Crippen LogP contribution in [0.5, 0.6) is 0 Å². The van der Waals surface area contributed by atoms with Gasteiger partial charge in [0.2, 0.25) is 0 Å². The molecule has 0 radical (unpaired) electrons. The van der Waals surface area contributed by atoms with Crippen molar-refractivity contribution in [2.75, 3.05) is 7.05 Å². The lowest BCUT2D eigenvalue weighted by atomic mass is 10.3. The molecule has 0 unspecified atom stereocenters. The summed E-state index contributed by atoms with van der Waals surface area (Å²) in [5, 5.41) is 0. The number of rotatable bonds is 4. The highest BCUT2D eigenvalue weighted by Gasteiger charge is 2.29. The third-order valence-corrected chi connectivity index (χ3v) is 4.42. The first kappa shape index (κ1) is 15.6. The molecule has 22 heavy (non-hydrogen) atoms. The normalized spacial score (nSPS) is 18.3. The fourth-order valence-corrected chi connectivity index (χ4v) is 2.86. The lowest BCUT2D eigenvalue weighted by Gasteiger charge is -2.16. The first-order chi connectivity index (χ1) is 10.2. The SMILES string of the molecule is CN(C(N)=NCc1nc2ccccc2n1C1CC1)C1CC1.I. The molecule has 4 rings (SSSR count). The minimum absolute atomic E-state index is 0. The number of imidazole rings is 1. The van der Waals surface area contributed by atoms with E-state index in [1.165, 1.54) is 31.2 Å². The van der Waals surface area contributed by atoms with Crippen LogP contribution in [-0.2, 0) is 6.54 Å². The Morgan fingerprint density at radius 3 is 2.73 bits per heavy atom. The molecule has 5 nitrogen and oxygen atoms in total. The summed E-state index contributed by atoms with van der Waals surface area (Å²) in [6.45, 7) is 0.564. The summed E-state index contributed by atoms with van der Waals surface area (Å²) in [5.74, 6) is 1.66. The van der Waals surface area contributed by atoms with Gasteiger partial charge in [-0.05, 0) is 37.8 Å². The molecule has 0 atom stereocenters. The lowest BCUT2D eigenvalue weighted by molar-refractivity contribution is 0.486. The van der Waals surface area contributed by atoms with Gasteiger partial charge >= 0.3 is 0 Å². The van der Waals surface area contributed by atoms with E-state index in [9.17, 15) is 0 Å². The summed E-state index contributed by atoms with van der Waals surface area (Å²) >= 11 is 0. The fraction of sp³-hybridized carbons (Fsp3) is 0.500. The van der Waals surface area contributed by atoms with Crippen molar-refractivity contribution in [1.29, 1.82) is 0 Å². The van der Waals surface area contributed by atoms with Gasteiger partial charge in [0, 0.05) is 19.1 Å². The Morgan fingerprint density at radius 1 is 1.32 bits per heavy atom. The van der Waals surface area contributed by atoms with E-state index in [1.54, 1.807) is 0 Å². The minimum atomic E-state index is 0. The minimum Gasteiger partial charge on any atom is -0.370 e. The average molecular weight is 411 g/mol. The van der Waals surface area contributed by atoms with Crippen LogP contribution in [-0.4, -0.2) is 33.5 Å². The number of nitrogens with two attached hydrogens (primary N) is 1. The van der Waals surface area contributed by atoms with E-state index in [4.69, 9.17) is 10.7 Å². The highest BCUT2D eigenvalue weighted by atomic mass is 127. The smallest absolute Gasteiger partial charge is 0.191 e. The molecule has 2 aliphatic rings. The Morgan fingerprint density at radius 2 is 2.05 bits per heavy atom. The van der Waals surface area contributed by atoms with Crippen molar-refractivity contribution in [1.82, 2.24) is 14.5 Å². The highest BCUT2D eigenvalue weighted by Crippen LogP contribution is 2.38. The van der Waals surface area contributed by atoms with Crippen LogP contribution in [0.25, 0.3) is 11.0 Å². The van der Waals surface area contributed by atoms with Crippen molar-refractivity contribution < 1.29 is 0 Å². The quantitative estimate of drug-likeness (QED) is 0.478. The predicted octanol–water partition coefficient (Wildman–Crippen LogP) is 2.90. The molecule has 6 heteroatoms. The summed E-state index contributed by atoms with van der Waals surface area (Å²) in [4.78, 5) is 11.4. The molecule has 0 spiro atoms. The molecule has 2 fully saturated rings. The third kappa shape index (κ3) is 2.93. The largest absolute Gasteiger partial charge is 0.370 e. The van der Waals surface area contributed by atoms with Gasteiger partial charge in [-0.1, -0.05) is 12.1 Å². The van der Waals surface area contributed by atoms with Gasteiger partial charge in [0.1, 0.15) is 12.4 Å². The summed E-state index contributed by atoms with van der Waals surface area (Å²) in [6, 6.07) is 9.52. The first-order valence-corrected chi connectivity index (χ1v) is 7.72. The van der Waals surface area contributed by atoms with Crippen LogP contribution < -0.4 is 5.73 Å². The molecule has 2 saturated carbocycles. The molecule has 1 aromatic carbocycles. The second-order valence-corrected chi connectivity index (χ2v) is 6.13. The van der Waals surface area contributed by atoms with Crippen LogP contribution in [0.4, 0.5) is 0 Å². The monoisotopic (exact) mass is 411 g/mol. The van der Waals surface area contributed by atoms with Crippen molar-refractivity contribution in [3.8, 4) is 0 Å². The summed E-state index contributed by atoms with van der Waals surface area (Å²) < 4.78 is 2.35. The molecule has 1 aromatic heterocycles. The number of aliphatic imine (C=N–C) groups is 1. The molecule has 118 valence electrons. The van der Waals surface area contributed by atoms with E-state index < -0.39 is 0 Å². The van der Waals surface area contributed by atoms with Gasteiger partial charge in [0.25, 0.3) is 0 Å². The Kier molecular flexibility index (Phi) is 4.29. The molecule has 2 aliphatic carbocycles. The van der Waals surface area contributed by atoms with Crippen molar-refractivity contribution in [3.63, 3.8) is 0 Å². The molecule has 0 saturated heterocycles. The van der Waals surface area contributed by atoms with Crippen LogP contribution in [0, 0.1) is 0 Å². The second kappa shape index (κ2) is 6.06. The second-order valence-electron chi connectivity index (χ2n) is 6.13. The van der Waals surface area contributed by atoms with Crippen LogP contribution >= 0.6 is 24.0 Å². The van der Waals surface area contributed by atoms with Gasteiger partial charge in [0.05, 0.1) is 11.0 Å². The zero-order chi connectivity index (χ0) is 14.4. The van der Waals surface area contributed by atoms with E-state index in [1.807, 2.05) is 13.1 Å². The predicted molar refractivity (Wildman–Crippen MR) is 99.5 cm³/mol. The maximum Gasteiger partial charge on any atom is 0.191 e. The Balaban J connectivity index is 0.00000144. The number of hydrogen-bond acceptors (Lipinski definition) is 2. The Bertz CT molecular complexity index is 700. The number of guanidine groups is 1. The van der Waals surface area contributed by atoms with Crippen LogP contribution in [0.1, 0.15) is 37.5 Å². The summed E-state index contributed by atoms with van der Waals surface area (Å²) in [7, 11) is 2.03. The van der Waals surface area contributed by atoms with Crippen molar-refractivity contribution >= 4 is 41.0 Å². The first-order valence-electron chi connectivity index (χ1n) is 7.72. The molecular weight excluding hydrogens is 389 g/mol. The van der Waals surface area contributed by atoms with Gasteiger partial charge in [-0.25, -0.2) is 9.98 Å². The summed E-state index contributed by atoms with van der Waals surface area (Å²) in [6.07, 6.45) is 4.95. The van der Waals surface area contributed by atoms with Crippen molar-refractivity contribution in [3.05, 3.63) is 30.1 Å². The molecule has 0 amide bonds. The highest BCUT2D eigenvalue weighted by molar-refractivity contribution is 14.0. The van der Waals surface area contributed by atoms with E-state index in [0.29, 0.717) is 24.6 Å². The number of para-hydroxylation sites is 2. The van der Waals surface area contributed by atoms with Crippen LogP contribution in [0.3, 0.4) is 0 Å². The molecular formula is C16H22IN5. The number of fused-ring (bicyclic) bond motifs is 1. The zero-order valence-electron chi connectivity index (χ0n) is 12.8. The maximum atomic E-state index is 6.08. The van der Waals surface area contributed by atoms with Crippen LogP contribution in [0.2, 0.25) is 0 Å². The van der Waals surface area contributed by atoms with Gasteiger partial charge in [-0.15, -0.1) is 24.0 Å². The Labute approximate surface area is 147 Å². The van der Waals surface area contributed by atoms with Gasteiger partial charge < -0.3 is 15.2 Å². The summed E-state index contributed by atoms with van der Waals surface area (Å²) in [5.41, 5.74) is 8.36. The number of benzene rings is 1. The molecule has 0 aliphatic heterocycles. The third-order valence-electron chi connectivity index (χ3n) is 4.42. The van der Waals surface area contributed by atoms with Crippen molar-refractivity contribution in [2.45, 2.75) is 44.3 Å².